The molecule has 4 rings (SSSR count). The van der Waals surface area contributed by atoms with Crippen LogP contribution in [0.2, 0.25) is 0 Å². The maximum absolute atomic E-state index is 14.0. The number of fused-ring (bicyclic) bond motifs is 1. The van der Waals surface area contributed by atoms with Gasteiger partial charge in [0.15, 0.2) is 0 Å². The van der Waals surface area contributed by atoms with Crippen molar-refractivity contribution in [3.63, 3.8) is 0 Å². The molecular formula is C25H35N3O5. The summed E-state index contributed by atoms with van der Waals surface area (Å²) in [4.78, 5) is 42.1. The van der Waals surface area contributed by atoms with E-state index in [0.717, 1.165) is 5.56 Å². The first-order valence-electron chi connectivity index (χ1n) is 11.7. The first kappa shape index (κ1) is 23.7. The number of hydrogen-bond donors (Lipinski definition) is 3. The molecule has 1 aromatic rings. The number of ether oxygens (including phenoxy) is 1. The van der Waals surface area contributed by atoms with E-state index in [0.29, 0.717) is 19.3 Å². The summed E-state index contributed by atoms with van der Waals surface area (Å²) in [5, 5.41) is 16.1. The molecule has 3 aliphatic rings. The van der Waals surface area contributed by atoms with Gasteiger partial charge in [0, 0.05) is 12.6 Å². The Labute approximate surface area is 195 Å². The van der Waals surface area contributed by atoms with Gasteiger partial charge in [0.2, 0.25) is 17.7 Å². The van der Waals surface area contributed by atoms with Crippen LogP contribution in [-0.2, 0) is 25.5 Å². The Morgan fingerprint density at radius 3 is 2.45 bits per heavy atom. The predicted molar refractivity (Wildman–Crippen MR) is 122 cm³/mol. The smallest absolute Gasteiger partial charge is 0.246 e. The first-order valence-corrected chi connectivity index (χ1v) is 11.7. The zero-order valence-corrected chi connectivity index (χ0v) is 20.1. The van der Waals surface area contributed by atoms with Crippen LogP contribution in [-0.4, -0.2) is 70.2 Å². The second-order valence-corrected chi connectivity index (χ2v) is 10.9. The van der Waals surface area contributed by atoms with Crippen molar-refractivity contribution in [2.45, 2.75) is 75.8 Å². The van der Waals surface area contributed by atoms with Gasteiger partial charge in [-0.25, -0.2) is 0 Å². The Kier molecular flexibility index (Phi) is 5.81. The molecule has 2 bridgehead atoms. The Morgan fingerprint density at radius 1 is 1.21 bits per heavy atom. The third-order valence-corrected chi connectivity index (χ3v) is 7.41. The van der Waals surface area contributed by atoms with E-state index >= 15 is 0 Å². The summed E-state index contributed by atoms with van der Waals surface area (Å²) in [5.41, 5.74) is -1.47. The molecule has 180 valence electrons. The molecule has 0 saturated carbocycles. The zero-order chi connectivity index (χ0) is 24.2. The van der Waals surface area contributed by atoms with E-state index in [9.17, 15) is 19.5 Å². The fraction of sp³-hybridized carbons (Fsp3) is 0.640. The molecular weight excluding hydrogens is 422 g/mol. The SMILES string of the molecule is CNC(=O)[C@H]1[C@H]2C(=O)N([C@@H](CO)Cc3ccccc3)C(C(=O)NC(C)(C)C)C23CC[C@]1(C)O3. The second kappa shape index (κ2) is 8.09. The molecule has 8 heteroatoms. The number of likely N-dealkylation sites (tertiary alicyclic amines) is 1. The van der Waals surface area contributed by atoms with Crippen molar-refractivity contribution in [3.05, 3.63) is 35.9 Å². The topological polar surface area (TPSA) is 108 Å². The molecule has 6 atom stereocenters. The van der Waals surface area contributed by atoms with Gasteiger partial charge in [0.05, 0.1) is 30.1 Å². The Bertz CT molecular complexity index is 945. The van der Waals surface area contributed by atoms with Crippen LogP contribution in [0.15, 0.2) is 30.3 Å². The number of aliphatic hydroxyl groups is 1. The van der Waals surface area contributed by atoms with Crippen molar-refractivity contribution in [2.75, 3.05) is 13.7 Å². The van der Waals surface area contributed by atoms with E-state index in [4.69, 9.17) is 4.74 Å². The van der Waals surface area contributed by atoms with E-state index in [1.165, 1.54) is 4.90 Å². The molecule has 3 amide bonds. The maximum atomic E-state index is 14.0. The first-order chi connectivity index (χ1) is 15.5. The summed E-state index contributed by atoms with van der Waals surface area (Å²) in [6, 6.07) is 8.04. The van der Waals surface area contributed by atoms with Crippen LogP contribution in [0.5, 0.6) is 0 Å². The molecule has 33 heavy (non-hydrogen) atoms. The summed E-state index contributed by atoms with van der Waals surface area (Å²) < 4.78 is 6.53. The van der Waals surface area contributed by atoms with Gasteiger partial charge >= 0.3 is 0 Å². The molecule has 1 spiro atoms. The highest BCUT2D eigenvalue weighted by Gasteiger charge is 2.78. The van der Waals surface area contributed by atoms with Crippen LogP contribution in [0.4, 0.5) is 0 Å². The highest BCUT2D eigenvalue weighted by Crippen LogP contribution is 2.63. The Balaban J connectivity index is 1.79. The summed E-state index contributed by atoms with van der Waals surface area (Å²) in [7, 11) is 1.55. The zero-order valence-electron chi connectivity index (χ0n) is 20.1. The molecule has 3 aliphatic heterocycles. The fourth-order valence-corrected chi connectivity index (χ4v) is 6.19. The molecule has 3 fully saturated rings. The molecule has 3 saturated heterocycles. The van der Waals surface area contributed by atoms with Crippen molar-refractivity contribution in [3.8, 4) is 0 Å². The lowest BCUT2D eigenvalue weighted by Gasteiger charge is -2.38. The van der Waals surface area contributed by atoms with Gasteiger partial charge < -0.3 is 25.4 Å². The fourth-order valence-electron chi connectivity index (χ4n) is 6.19. The van der Waals surface area contributed by atoms with E-state index < -0.39 is 40.7 Å². The molecule has 0 aromatic heterocycles. The minimum absolute atomic E-state index is 0.252. The van der Waals surface area contributed by atoms with Crippen LogP contribution < -0.4 is 10.6 Å². The summed E-state index contributed by atoms with van der Waals surface area (Å²) >= 11 is 0. The van der Waals surface area contributed by atoms with Gasteiger partial charge in [0.1, 0.15) is 11.6 Å². The third kappa shape index (κ3) is 3.73. The van der Waals surface area contributed by atoms with Gasteiger partial charge in [-0.2, -0.15) is 0 Å². The minimum Gasteiger partial charge on any atom is -0.394 e. The molecule has 2 unspecified atom stereocenters. The van der Waals surface area contributed by atoms with Gasteiger partial charge in [0.25, 0.3) is 0 Å². The second-order valence-electron chi connectivity index (χ2n) is 10.9. The van der Waals surface area contributed by atoms with Gasteiger partial charge in [-0.1, -0.05) is 30.3 Å². The largest absolute Gasteiger partial charge is 0.394 e. The van der Waals surface area contributed by atoms with Crippen molar-refractivity contribution >= 4 is 17.7 Å². The highest BCUT2D eigenvalue weighted by molar-refractivity contribution is 5.99. The van der Waals surface area contributed by atoms with Gasteiger partial charge in [-0.05, 0) is 52.5 Å². The van der Waals surface area contributed by atoms with Crippen LogP contribution >= 0.6 is 0 Å². The minimum atomic E-state index is -1.09. The summed E-state index contributed by atoms with van der Waals surface area (Å²) in [6.07, 6.45) is 1.49. The quantitative estimate of drug-likeness (QED) is 0.591. The van der Waals surface area contributed by atoms with Crippen molar-refractivity contribution in [1.82, 2.24) is 15.5 Å². The van der Waals surface area contributed by atoms with Crippen molar-refractivity contribution in [1.29, 1.82) is 0 Å². The molecule has 3 heterocycles. The predicted octanol–water partition coefficient (Wildman–Crippen LogP) is 1.02. The number of nitrogens with one attached hydrogen (secondary N) is 2. The van der Waals surface area contributed by atoms with Crippen LogP contribution in [0.25, 0.3) is 0 Å². The van der Waals surface area contributed by atoms with Gasteiger partial charge in [-0.15, -0.1) is 0 Å². The molecule has 1 aromatic carbocycles. The van der Waals surface area contributed by atoms with Gasteiger partial charge in [-0.3, -0.25) is 14.4 Å². The standard InChI is InChI=1S/C25H35N3O5/c1-23(2,3)27-21(31)19-25-12-11-24(4,33-25)17(20(30)26-5)18(25)22(32)28(19)16(14-29)13-15-9-7-6-8-10-15/h6-10,16-19,29H,11-14H2,1-5H3,(H,26,30)(H,27,31)/t16-,17-,18+,19?,24+,25?/m1/s1. The lowest BCUT2D eigenvalue weighted by molar-refractivity contribution is -0.150. The van der Waals surface area contributed by atoms with E-state index in [-0.39, 0.29) is 24.3 Å². The van der Waals surface area contributed by atoms with Crippen molar-refractivity contribution in [2.24, 2.45) is 11.8 Å². The van der Waals surface area contributed by atoms with Crippen LogP contribution in [0.1, 0.15) is 46.1 Å². The number of hydrogen-bond acceptors (Lipinski definition) is 5. The van der Waals surface area contributed by atoms with E-state index in [2.05, 4.69) is 10.6 Å². The average molecular weight is 458 g/mol. The highest BCUT2D eigenvalue weighted by atomic mass is 16.5. The normalized spacial score (nSPS) is 33.7. The maximum Gasteiger partial charge on any atom is 0.246 e. The Morgan fingerprint density at radius 2 is 1.88 bits per heavy atom. The van der Waals surface area contributed by atoms with E-state index in [1.54, 1.807) is 7.05 Å². The number of carbonyl (C=O) groups excluding carboxylic acids is 3. The molecule has 8 nitrogen and oxygen atoms in total. The number of rotatable bonds is 6. The third-order valence-electron chi connectivity index (χ3n) is 7.41. The van der Waals surface area contributed by atoms with E-state index in [1.807, 2.05) is 58.0 Å². The molecule has 0 radical (unpaired) electrons. The monoisotopic (exact) mass is 457 g/mol. The van der Waals surface area contributed by atoms with Crippen LogP contribution in [0, 0.1) is 11.8 Å². The average Bonchev–Trinajstić information content (AvgIpc) is 3.32. The molecule has 3 N–H and O–H groups in total. The lowest BCUT2D eigenvalue weighted by atomic mass is 9.66. The number of carbonyl (C=O) groups is 3. The Hall–Kier alpha value is -2.45. The number of aliphatic hydroxyl groups excluding tert-OH is 1. The summed E-state index contributed by atoms with van der Waals surface area (Å²) in [5.74, 6) is -2.31. The lowest BCUT2D eigenvalue weighted by Crippen LogP contribution is -2.60. The number of benzene rings is 1. The van der Waals surface area contributed by atoms with Crippen LogP contribution in [0.3, 0.4) is 0 Å². The number of nitrogens with zero attached hydrogens (tertiary/aromatic N) is 1. The summed E-state index contributed by atoms with van der Waals surface area (Å²) in [6.45, 7) is 7.22. The number of amides is 3. The molecule has 0 aliphatic carbocycles. The van der Waals surface area contributed by atoms with Crippen molar-refractivity contribution < 1.29 is 24.2 Å².